The first-order valence-electron chi connectivity index (χ1n) is 10.9. The molecule has 1 amide bonds. The van der Waals surface area contributed by atoms with E-state index >= 15 is 0 Å². The van der Waals surface area contributed by atoms with Crippen molar-refractivity contribution in [2.24, 2.45) is 10.9 Å². The Hall–Kier alpha value is -2.10. The molecule has 168 valence electrons. The Morgan fingerprint density at radius 1 is 1.13 bits per heavy atom. The zero-order chi connectivity index (χ0) is 20.9. The van der Waals surface area contributed by atoms with Crippen molar-refractivity contribution in [1.82, 2.24) is 20.9 Å². The van der Waals surface area contributed by atoms with E-state index in [4.69, 9.17) is 4.42 Å². The summed E-state index contributed by atoms with van der Waals surface area (Å²) in [6, 6.07) is 8.85. The number of oxazole rings is 1. The van der Waals surface area contributed by atoms with Gasteiger partial charge in [-0.25, -0.2) is 4.98 Å². The molecule has 7 nitrogen and oxygen atoms in total. The second kappa shape index (κ2) is 11.0. The molecule has 0 spiro atoms. The predicted octanol–water partition coefficient (Wildman–Crippen LogP) is 3.77. The molecule has 8 heteroatoms. The van der Waals surface area contributed by atoms with E-state index in [0.717, 1.165) is 49.8 Å². The van der Waals surface area contributed by atoms with Crippen LogP contribution in [0.1, 0.15) is 50.0 Å². The van der Waals surface area contributed by atoms with Gasteiger partial charge in [-0.2, -0.15) is 0 Å². The SMILES string of the molecule is CN=C(NCc1ncc(-c2ccc(C)cc2)o1)NC1CCCC(C(=O)NC2CC2)C1.I. The van der Waals surface area contributed by atoms with Crippen LogP contribution < -0.4 is 16.0 Å². The summed E-state index contributed by atoms with van der Waals surface area (Å²) in [6.07, 6.45) is 7.92. The number of carbonyl (C=O) groups excluding carboxylic acids is 1. The van der Waals surface area contributed by atoms with Gasteiger partial charge in [-0.15, -0.1) is 24.0 Å². The summed E-state index contributed by atoms with van der Waals surface area (Å²) < 4.78 is 5.88. The first-order valence-corrected chi connectivity index (χ1v) is 10.9. The number of nitrogens with zero attached hydrogens (tertiary/aromatic N) is 2. The summed E-state index contributed by atoms with van der Waals surface area (Å²) in [4.78, 5) is 21.1. The average Bonchev–Trinajstić information content (AvgIpc) is 3.45. The lowest BCUT2D eigenvalue weighted by atomic mass is 9.85. The Balaban J connectivity index is 0.00000272. The number of guanidine groups is 1. The van der Waals surface area contributed by atoms with Gasteiger partial charge in [-0.1, -0.05) is 36.2 Å². The summed E-state index contributed by atoms with van der Waals surface area (Å²) in [6.45, 7) is 2.51. The summed E-state index contributed by atoms with van der Waals surface area (Å²) in [5.41, 5.74) is 2.23. The van der Waals surface area contributed by atoms with Gasteiger partial charge in [0, 0.05) is 30.6 Å². The molecular formula is C23H32IN5O2. The van der Waals surface area contributed by atoms with Crippen LogP contribution in [0.5, 0.6) is 0 Å². The van der Waals surface area contributed by atoms with Gasteiger partial charge in [-0.05, 0) is 39.0 Å². The van der Waals surface area contributed by atoms with E-state index in [-0.39, 0.29) is 41.8 Å². The monoisotopic (exact) mass is 537 g/mol. The van der Waals surface area contributed by atoms with Gasteiger partial charge in [-0.3, -0.25) is 9.79 Å². The fraction of sp³-hybridized carbons (Fsp3) is 0.522. The maximum absolute atomic E-state index is 12.4. The topological polar surface area (TPSA) is 91.6 Å². The molecule has 1 aromatic heterocycles. The Labute approximate surface area is 200 Å². The molecule has 2 atom stereocenters. The third-order valence-corrected chi connectivity index (χ3v) is 5.83. The summed E-state index contributed by atoms with van der Waals surface area (Å²) in [5, 5.41) is 9.88. The van der Waals surface area contributed by atoms with Crippen molar-refractivity contribution in [2.45, 2.75) is 64.1 Å². The minimum Gasteiger partial charge on any atom is -0.439 e. The number of benzene rings is 1. The number of amides is 1. The van der Waals surface area contributed by atoms with E-state index < -0.39 is 0 Å². The van der Waals surface area contributed by atoms with E-state index in [9.17, 15) is 4.79 Å². The van der Waals surface area contributed by atoms with Crippen LogP contribution in [0.15, 0.2) is 39.9 Å². The van der Waals surface area contributed by atoms with Gasteiger partial charge in [0.05, 0.1) is 12.7 Å². The highest BCUT2D eigenvalue weighted by atomic mass is 127. The maximum Gasteiger partial charge on any atom is 0.223 e. The lowest BCUT2D eigenvalue weighted by Crippen LogP contribution is -2.47. The minimum absolute atomic E-state index is 0. The number of halogens is 1. The van der Waals surface area contributed by atoms with Crippen LogP contribution in [-0.4, -0.2) is 36.0 Å². The minimum atomic E-state index is 0. The van der Waals surface area contributed by atoms with Crippen molar-refractivity contribution >= 4 is 35.8 Å². The van der Waals surface area contributed by atoms with Crippen molar-refractivity contribution in [1.29, 1.82) is 0 Å². The molecule has 0 bridgehead atoms. The van der Waals surface area contributed by atoms with E-state index in [1.54, 1.807) is 13.2 Å². The highest BCUT2D eigenvalue weighted by Gasteiger charge is 2.31. The molecule has 2 unspecified atom stereocenters. The lowest BCUT2D eigenvalue weighted by molar-refractivity contribution is -0.126. The Bertz CT molecular complexity index is 892. The van der Waals surface area contributed by atoms with Gasteiger partial charge >= 0.3 is 0 Å². The van der Waals surface area contributed by atoms with Crippen molar-refractivity contribution in [3.8, 4) is 11.3 Å². The first-order chi connectivity index (χ1) is 14.6. The molecule has 2 aromatic rings. The van der Waals surface area contributed by atoms with Crippen LogP contribution in [0.4, 0.5) is 0 Å². The highest BCUT2D eigenvalue weighted by Crippen LogP contribution is 2.27. The average molecular weight is 537 g/mol. The molecule has 0 radical (unpaired) electrons. The normalized spacial score (nSPS) is 21.2. The van der Waals surface area contributed by atoms with Crippen LogP contribution in [0.25, 0.3) is 11.3 Å². The van der Waals surface area contributed by atoms with E-state index in [1.165, 1.54) is 5.56 Å². The first kappa shape index (κ1) is 23.6. The summed E-state index contributed by atoms with van der Waals surface area (Å²) in [7, 11) is 1.75. The van der Waals surface area contributed by atoms with Crippen LogP contribution >= 0.6 is 24.0 Å². The molecule has 2 aliphatic carbocycles. The summed E-state index contributed by atoms with van der Waals surface area (Å²) in [5.74, 6) is 2.39. The molecule has 1 heterocycles. The van der Waals surface area contributed by atoms with Gasteiger partial charge < -0.3 is 20.4 Å². The standard InChI is InChI=1S/C23H31N5O2.HI/c1-15-6-8-16(9-7-15)20-13-25-21(30-20)14-26-23(24-2)28-19-5-3-4-17(12-19)22(29)27-18-10-11-18;/h6-9,13,17-19H,3-5,10-12,14H2,1-2H3,(H,27,29)(H2,24,26,28);1H. The lowest BCUT2D eigenvalue weighted by Gasteiger charge is -2.30. The molecule has 4 rings (SSSR count). The Kier molecular flexibility index (Phi) is 8.34. The quantitative estimate of drug-likeness (QED) is 0.297. The number of rotatable bonds is 6. The molecule has 3 N–H and O–H groups in total. The van der Waals surface area contributed by atoms with Gasteiger partial charge in [0.2, 0.25) is 11.8 Å². The fourth-order valence-corrected chi connectivity index (χ4v) is 3.90. The van der Waals surface area contributed by atoms with Gasteiger partial charge in [0.15, 0.2) is 11.7 Å². The van der Waals surface area contributed by atoms with Crippen molar-refractivity contribution in [3.05, 3.63) is 41.9 Å². The van der Waals surface area contributed by atoms with Crippen molar-refractivity contribution in [3.63, 3.8) is 0 Å². The van der Waals surface area contributed by atoms with Gasteiger partial charge in [0.1, 0.15) is 0 Å². The number of hydrogen-bond donors (Lipinski definition) is 3. The number of nitrogens with one attached hydrogen (secondary N) is 3. The van der Waals surface area contributed by atoms with Crippen LogP contribution in [-0.2, 0) is 11.3 Å². The number of hydrogen-bond acceptors (Lipinski definition) is 4. The molecule has 0 saturated heterocycles. The van der Waals surface area contributed by atoms with Crippen molar-refractivity contribution < 1.29 is 9.21 Å². The van der Waals surface area contributed by atoms with Crippen molar-refractivity contribution in [2.75, 3.05) is 7.05 Å². The number of aromatic nitrogens is 1. The molecule has 2 aliphatic rings. The number of carbonyl (C=O) groups is 1. The van der Waals surface area contributed by atoms with Gasteiger partial charge in [0.25, 0.3) is 0 Å². The predicted molar refractivity (Wildman–Crippen MR) is 132 cm³/mol. The molecule has 31 heavy (non-hydrogen) atoms. The Morgan fingerprint density at radius 3 is 2.61 bits per heavy atom. The van der Waals surface area contributed by atoms with Crippen LogP contribution in [0.3, 0.4) is 0 Å². The third-order valence-electron chi connectivity index (χ3n) is 5.83. The zero-order valence-electron chi connectivity index (χ0n) is 18.2. The number of aryl methyl sites for hydroxylation is 1. The third kappa shape index (κ3) is 6.69. The Morgan fingerprint density at radius 2 is 1.90 bits per heavy atom. The van der Waals surface area contributed by atoms with Crippen LogP contribution in [0, 0.1) is 12.8 Å². The van der Waals surface area contributed by atoms with E-state index in [2.05, 4.69) is 45.0 Å². The molecule has 1 aromatic carbocycles. The zero-order valence-corrected chi connectivity index (χ0v) is 20.5. The second-order valence-corrected chi connectivity index (χ2v) is 8.40. The largest absolute Gasteiger partial charge is 0.439 e. The molecule has 2 saturated carbocycles. The van der Waals surface area contributed by atoms with Crippen LogP contribution in [0.2, 0.25) is 0 Å². The molecule has 0 aliphatic heterocycles. The maximum atomic E-state index is 12.4. The van der Waals surface area contributed by atoms with E-state index in [0.29, 0.717) is 24.4 Å². The molecule has 2 fully saturated rings. The van der Waals surface area contributed by atoms with E-state index in [1.807, 2.05) is 12.1 Å². The number of aliphatic imine (C=N–C) groups is 1. The fourth-order valence-electron chi connectivity index (χ4n) is 3.90. The highest BCUT2D eigenvalue weighted by molar-refractivity contribution is 14.0. The molecular weight excluding hydrogens is 505 g/mol. The smallest absolute Gasteiger partial charge is 0.223 e. The second-order valence-electron chi connectivity index (χ2n) is 8.40. The summed E-state index contributed by atoms with van der Waals surface area (Å²) >= 11 is 0.